The third kappa shape index (κ3) is 4.40. The van der Waals surface area contributed by atoms with Crippen molar-refractivity contribution in [3.8, 4) is 5.69 Å². The molecule has 1 amide bonds. The fraction of sp³-hybridized carbons (Fsp3) is 0.312. The maximum atomic E-state index is 12.3. The summed E-state index contributed by atoms with van der Waals surface area (Å²) in [4.78, 5) is 38.1. The van der Waals surface area contributed by atoms with Crippen LogP contribution in [0.15, 0.2) is 36.9 Å². The standard InChI is InChI=1S/C16H18N4O5/c1-2-3-4-12(16(22)23)18-15(21)11-5-6-13(14(9-11)20(24)25)19-8-7-17-10-19/h5-10,12H,2-4H2,1H3,(H,18,21)(H,22,23)/t12-/m0/s1. The van der Waals surface area contributed by atoms with Crippen LogP contribution in [0.2, 0.25) is 0 Å². The van der Waals surface area contributed by atoms with E-state index in [2.05, 4.69) is 10.3 Å². The molecule has 1 atom stereocenters. The fourth-order valence-electron chi connectivity index (χ4n) is 2.34. The summed E-state index contributed by atoms with van der Waals surface area (Å²) in [5, 5.41) is 22.9. The van der Waals surface area contributed by atoms with Gasteiger partial charge in [-0.3, -0.25) is 14.9 Å². The average Bonchev–Trinajstić information content (AvgIpc) is 3.11. The predicted octanol–water partition coefficient (Wildman–Crippen LogP) is 2.15. The van der Waals surface area contributed by atoms with Gasteiger partial charge >= 0.3 is 5.97 Å². The lowest BCUT2D eigenvalue weighted by molar-refractivity contribution is -0.384. The predicted molar refractivity (Wildman–Crippen MR) is 88.6 cm³/mol. The number of amides is 1. The van der Waals surface area contributed by atoms with Gasteiger partial charge in [0.1, 0.15) is 11.7 Å². The molecule has 0 aliphatic carbocycles. The van der Waals surface area contributed by atoms with E-state index in [9.17, 15) is 24.8 Å². The third-order valence-electron chi connectivity index (χ3n) is 3.67. The Labute approximate surface area is 143 Å². The van der Waals surface area contributed by atoms with Crippen molar-refractivity contribution >= 4 is 17.6 Å². The quantitative estimate of drug-likeness (QED) is 0.557. The minimum absolute atomic E-state index is 0.0262. The molecule has 1 aromatic carbocycles. The summed E-state index contributed by atoms with van der Waals surface area (Å²) in [7, 11) is 0. The number of unbranched alkanes of at least 4 members (excludes halogenated alkanes) is 1. The molecule has 2 N–H and O–H groups in total. The number of imidazole rings is 1. The number of hydrogen-bond acceptors (Lipinski definition) is 5. The van der Waals surface area contributed by atoms with Gasteiger partial charge in [-0.25, -0.2) is 9.78 Å². The number of carbonyl (C=O) groups is 2. The number of nitro groups is 1. The molecule has 2 rings (SSSR count). The van der Waals surface area contributed by atoms with Gasteiger partial charge in [0, 0.05) is 24.0 Å². The Morgan fingerprint density at radius 3 is 2.76 bits per heavy atom. The zero-order valence-corrected chi connectivity index (χ0v) is 13.6. The van der Waals surface area contributed by atoms with Crippen LogP contribution in [0.4, 0.5) is 5.69 Å². The highest BCUT2D eigenvalue weighted by Crippen LogP contribution is 2.24. The van der Waals surface area contributed by atoms with Gasteiger partial charge in [-0.1, -0.05) is 19.8 Å². The Morgan fingerprint density at radius 2 is 2.20 bits per heavy atom. The van der Waals surface area contributed by atoms with Crippen molar-refractivity contribution in [2.75, 3.05) is 0 Å². The van der Waals surface area contributed by atoms with Crippen molar-refractivity contribution < 1.29 is 19.6 Å². The highest BCUT2D eigenvalue weighted by molar-refractivity contribution is 5.97. The molecule has 1 aromatic heterocycles. The fourth-order valence-corrected chi connectivity index (χ4v) is 2.34. The van der Waals surface area contributed by atoms with Gasteiger partial charge in [0.2, 0.25) is 0 Å². The number of rotatable bonds is 8. The Kier molecular flexibility index (Phi) is 5.83. The summed E-state index contributed by atoms with van der Waals surface area (Å²) < 4.78 is 1.46. The molecule has 0 unspecified atom stereocenters. The van der Waals surface area contributed by atoms with E-state index in [1.54, 1.807) is 6.20 Å². The first-order chi connectivity index (χ1) is 11.9. The number of hydrogen-bond donors (Lipinski definition) is 2. The molecule has 9 heteroatoms. The third-order valence-corrected chi connectivity index (χ3v) is 3.67. The Balaban J connectivity index is 2.27. The highest BCUT2D eigenvalue weighted by atomic mass is 16.6. The zero-order valence-electron chi connectivity index (χ0n) is 13.6. The summed E-state index contributed by atoms with van der Waals surface area (Å²) in [5.41, 5.74) is 0.0178. The van der Waals surface area contributed by atoms with Crippen LogP contribution >= 0.6 is 0 Å². The molecule has 0 spiro atoms. The van der Waals surface area contributed by atoms with Crippen LogP contribution in [0.5, 0.6) is 0 Å². The molecule has 0 aliphatic rings. The largest absolute Gasteiger partial charge is 0.480 e. The first kappa shape index (κ1) is 18.1. The molecule has 0 aliphatic heterocycles. The molecular weight excluding hydrogens is 328 g/mol. The number of nitrogens with one attached hydrogen (secondary N) is 1. The van der Waals surface area contributed by atoms with E-state index in [1.807, 2.05) is 6.92 Å². The Morgan fingerprint density at radius 1 is 1.44 bits per heavy atom. The van der Waals surface area contributed by atoms with Crippen molar-refractivity contribution in [3.63, 3.8) is 0 Å². The second-order valence-corrected chi connectivity index (χ2v) is 5.44. The van der Waals surface area contributed by atoms with E-state index in [4.69, 9.17) is 0 Å². The number of carboxylic acid groups (broad SMARTS) is 1. The summed E-state index contributed by atoms with van der Waals surface area (Å²) >= 11 is 0. The van der Waals surface area contributed by atoms with Crippen LogP contribution in [0.3, 0.4) is 0 Å². The molecule has 2 aromatic rings. The van der Waals surface area contributed by atoms with Gasteiger partial charge in [0.25, 0.3) is 11.6 Å². The van der Waals surface area contributed by atoms with Crippen molar-refractivity contribution in [2.45, 2.75) is 32.2 Å². The smallest absolute Gasteiger partial charge is 0.326 e. The van der Waals surface area contributed by atoms with E-state index >= 15 is 0 Å². The van der Waals surface area contributed by atoms with Crippen LogP contribution in [-0.4, -0.2) is 37.5 Å². The monoisotopic (exact) mass is 346 g/mol. The summed E-state index contributed by atoms with van der Waals surface area (Å²) in [5.74, 6) is -1.80. The lowest BCUT2D eigenvalue weighted by atomic mass is 10.1. The van der Waals surface area contributed by atoms with Gasteiger partial charge < -0.3 is 15.0 Å². The molecule has 25 heavy (non-hydrogen) atoms. The van der Waals surface area contributed by atoms with Crippen LogP contribution in [-0.2, 0) is 4.79 Å². The number of aliphatic carboxylic acids is 1. The summed E-state index contributed by atoms with van der Waals surface area (Å²) in [6.45, 7) is 1.92. The summed E-state index contributed by atoms with van der Waals surface area (Å²) in [6.07, 6.45) is 6.19. The number of carboxylic acids is 1. The first-order valence-electron chi connectivity index (χ1n) is 7.74. The lowest BCUT2D eigenvalue weighted by Gasteiger charge is -2.14. The highest BCUT2D eigenvalue weighted by Gasteiger charge is 2.23. The van der Waals surface area contributed by atoms with Gasteiger partial charge in [0.15, 0.2) is 0 Å². The molecule has 9 nitrogen and oxygen atoms in total. The van der Waals surface area contributed by atoms with Crippen LogP contribution in [0, 0.1) is 10.1 Å². The molecule has 0 fully saturated rings. The average molecular weight is 346 g/mol. The van der Waals surface area contributed by atoms with Crippen LogP contribution in [0.1, 0.15) is 36.5 Å². The Hall–Kier alpha value is -3.23. The minimum atomic E-state index is -1.13. The molecule has 1 heterocycles. The summed E-state index contributed by atoms with van der Waals surface area (Å²) in [6, 6.07) is 2.94. The first-order valence-corrected chi connectivity index (χ1v) is 7.74. The molecule has 0 saturated carbocycles. The maximum Gasteiger partial charge on any atom is 0.326 e. The van der Waals surface area contributed by atoms with Crippen molar-refractivity contribution in [1.29, 1.82) is 0 Å². The van der Waals surface area contributed by atoms with E-state index in [0.29, 0.717) is 12.8 Å². The van der Waals surface area contributed by atoms with E-state index < -0.39 is 22.8 Å². The number of carbonyl (C=O) groups excluding carboxylic acids is 1. The number of aromatic nitrogens is 2. The Bertz CT molecular complexity index is 773. The maximum absolute atomic E-state index is 12.3. The van der Waals surface area contributed by atoms with Gasteiger partial charge in [-0.2, -0.15) is 0 Å². The molecule has 132 valence electrons. The van der Waals surface area contributed by atoms with Gasteiger partial charge in [0.05, 0.1) is 11.3 Å². The van der Waals surface area contributed by atoms with Crippen LogP contribution < -0.4 is 5.32 Å². The number of benzene rings is 1. The SMILES string of the molecule is CCCC[C@H](NC(=O)c1ccc(-n2ccnc2)c([N+](=O)[O-])c1)C(=O)O. The number of nitro benzene ring substituents is 1. The molecule has 0 bridgehead atoms. The normalized spacial score (nSPS) is 11.7. The van der Waals surface area contributed by atoms with E-state index in [1.165, 1.54) is 29.2 Å². The topological polar surface area (TPSA) is 127 Å². The second-order valence-electron chi connectivity index (χ2n) is 5.44. The van der Waals surface area contributed by atoms with E-state index in [-0.39, 0.29) is 16.9 Å². The zero-order chi connectivity index (χ0) is 18.4. The molecule has 0 saturated heterocycles. The van der Waals surface area contributed by atoms with Crippen molar-refractivity contribution in [1.82, 2.24) is 14.9 Å². The van der Waals surface area contributed by atoms with Gasteiger partial charge in [-0.05, 0) is 18.6 Å². The van der Waals surface area contributed by atoms with E-state index in [0.717, 1.165) is 12.5 Å². The van der Waals surface area contributed by atoms with Gasteiger partial charge in [-0.15, -0.1) is 0 Å². The minimum Gasteiger partial charge on any atom is -0.480 e. The van der Waals surface area contributed by atoms with Crippen molar-refractivity contribution in [3.05, 3.63) is 52.6 Å². The molecular formula is C16H18N4O5. The number of nitrogens with zero attached hydrogens (tertiary/aromatic N) is 3. The lowest BCUT2D eigenvalue weighted by Crippen LogP contribution is -2.40. The van der Waals surface area contributed by atoms with Crippen LogP contribution in [0.25, 0.3) is 5.69 Å². The second kappa shape index (κ2) is 8.04. The molecule has 0 radical (unpaired) electrons. The van der Waals surface area contributed by atoms with Crippen molar-refractivity contribution in [2.24, 2.45) is 0 Å².